The number of hydrogen-bond acceptors (Lipinski definition) is 17. The molecule has 0 atom stereocenters. The third kappa shape index (κ3) is 10.2. The van der Waals surface area contributed by atoms with E-state index in [1.807, 2.05) is 80.5 Å². The van der Waals surface area contributed by atoms with Crippen LogP contribution >= 0.6 is 22.7 Å². The molecule has 7 aromatic rings. The normalized spacial score (nSPS) is 16.2. The first-order valence-electron chi connectivity index (χ1n) is 23.5. The van der Waals surface area contributed by atoms with E-state index in [1.165, 1.54) is 33.2 Å². The van der Waals surface area contributed by atoms with Crippen molar-refractivity contribution in [2.75, 3.05) is 76.3 Å². The number of hydrogen-bond donors (Lipinski definition) is 6. The van der Waals surface area contributed by atoms with E-state index in [2.05, 4.69) is 53.4 Å². The molecule has 71 heavy (non-hydrogen) atoms. The van der Waals surface area contributed by atoms with E-state index < -0.39 is 10.0 Å². The van der Waals surface area contributed by atoms with Gasteiger partial charge in [-0.05, 0) is 75.0 Å². The molecule has 0 aliphatic carbocycles. The molecule has 0 unspecified atom stereocenters. The lowest BCUT2D eigenvalue weighted by Gasteiger charge is -2.30. The van der Waals surface area contributed by atoms with E-state index in [0.717, 1.165) is 73.6 Å². The van der Waals surface area contributed by atoms with Crippen LogP contribution in [0.2, 0.25) is 0 Å². The average molecular weight is 1020 g/mol. The van der Waals surface area contributed by atoms with Gasteiger partial charge in [-0.3, -0.25) is 23.1 Å². The maximum atomic E-state index is 13.7. The predicted molar refractivity (Wildman–Crippen MR) is 278 cm³/mol. The Bertz CT molecular complexity index is 3340. The highest BCUT2D eigenvalue weighted by Crippen LogP contribution is 2.35. The fraction of sp³-hybridized carbons (Fsp3) is 0.383. The lowest BCUT2D eigenvalue weighted by atomic mass is 10.1. The largest absolute Gasteiger partial charge is 0.350 e. The minimum atomic E-state index is -3.26. The summed E-state index contributed by atoms with van der Waals surface area (Å²) < 4.78 is 31.3. The van der Waals surface area contributed by atoms with Gasteiger partial charge in [-0.15, -0.1) is 22.7 Å². The Labute approximate surface area is 418 Å². The molecule has 2 amide bonds. The SMILES string of the molecule is Cc1cc(Nc2nc(C3=CCCNC3)cn3c(C4=CN(C)N(CCNC(=O)c5sc(Nc6nc(CCN)cn7c(-c8cnn(C)c8)cnc67)cc5C)C4)cnc23)sc1C(=O)NC1CCN(S(C)(=O)=O)CC1. The van der Waals surface area contributed by atoms with Crippen LogP contribution in [0, 0.1) is 13.8 Å². The molecule has 7 N–H and O–H groups in total. The molecule has 0 radical (unpaired) electrons. The molecular formula is C47H57N17O4S3. The zero-order chi connectivity index (χ0) is 49.6. The molecule has 24 heteroatoms. The van der Waals surface area contributed by atoms with E-state index in [1.54, 1.807) is 10.9 Å². The van der Waals surface area contributed by atoms with Gasteiger partial charge >= 0.3 is 0 Å². The number of carbonyl (C=O) groups excluding carboxylic acids is 2. The van der Waals surface area contributed by atoms with E-state index in [4.69, 9.17) is 25.7 Å². The van der Waals surface area contributed by atoms with Crippen LogP contribution in [0.25, 0.3) is 33.7 Å². The molecule has 3 aliphatic rings. The van der Waals surface area contributed by atoms with Gasteiger partial charge in [-0.25, -0.2) is 37.7 Å². The summed E-state index contributed by atoms with van der Waals surface area (Å²) in [6, 6.07) is 3.79. The fourth-order valence-corrected chi connectivity index (χ4v) is 12.1. The lowest BCUT2D eigenvalue weighted by Crippen LogP contribution is -2.46. The van der Waals surface area contributed by atoms with Crippen molar-refractivity contribution in [3.63, 3.8) is 0 Å². The number of fused-ring (bicyclic) bond motifs is 2. The molecule has 3 aliphatic heterocycles. The summed E-state index contributed by atoms with van der Waals surface area (Å²) in [7, 11) is 0.612. The van der Waals surface area contributed by atoms with Crippen LogP contribution < -0.4 is 32.3 Å². The van der Waals surface area contributed by atoms with Gasteiger partial charge in [0.25, 0.3) is 11.8 Å². The van der Waals surface area contributed by atoms with Gasteiger partial charge in [0.05, 0.1) is 67.4 Å². The summed E-state index contributed by atoms with van der Waals surface area (Å²) in [5.74, 6) is 0.811. The summed E-state index contributed by atoms with van der Waals surface area (Å²) in [4.78, 5) is 48.0. The fourth-order valence-electron chi connectivity index (χ4n) is 9.23. The smallest absolute Gasteiger partial charge is 0.261 e. The van der Waals surface area contributed by atoms with Crippen LogP contribution in [0.4, 0.5) is 21.6 Å². The van der Waals surface area contributed by atoms with Crippen molar-refractivity contribution >= 4 is 88.6 Å². The highest BCUT2D eigenvalue weighted by Gasteiger charge is 2.28. The van der Waals surface area contributed by atoms with Gasteiger partial charge in [0.2, 0.25) is 10.0 Å². The highest BCUT2D eigenvalue weighted by molar-refractivity contribution is 7.88. The number of carbonyl (C=O) groups is 2. The number of imidazole rings is 2. The van der Waals surface area contributed by atoms with E-state index in [9.17, 15) is 18.0 Å². The first kappa shape index (κ1) is 48.1. The molecule has 1 saturated heterocycles. The Balaban J connectivity index is 0.805. The van der Waals surface area contributed by atoms with Gasteiger partial charge < -0.3 is 37.3 Å². The van der Waals surface area contributed by atoms with Crippen LogP contribution in [0.3, 0.4) is 0 Å². The van der Waals surface area contributed by atoms with Gasteiger partial charge in [0.1, 0.15) is 0 Å². The van der Waals surface area contributed by atoms with Crippen molar-refractivity contribution in [1.82, 2.24) is 68.8 Å². The number of sulfonamides is 1. The zero-order valence-electron chi connectivity index (χ0n) is 40.2. The summed E-state index contributed by atoms with van der Waals surface area (Å²) in [6.45, 7) is 8.21. The van der Waals surface area contributed by atoms with Crippen molar-refractivity contribution in [2.24, 2.45) is 12.8 Å². The molecule has 372 valence electrons. The number of rotatable bonds is 16. The minimum Gasteiger partial charge on any atom is -0.350 e. The number of thiophene rings is 2. The molecule has 0 saturated carbocycles. The van der Waals surface area contributed by atoms with Crippen LogP contribution in [-0.2, 0) is 23.5 Å². The molecule has 1 fully saturated rings. The van der Waals surface area contributed by atoms with Crippen LogP contribution in [0.1, 0.15) is 66.8 Å². The number of aryl methyl sites for hydroxylation is 3. The maximum absolute atomic E-state index is 13.7. The van der Waals surface area contributed by atoms with E-state index in [0.29, 0.717) is 97.8 Å². The molecule has 7 aromatic heterocycles. The second kappa shape index (κ2) is 19.9. The Morgan fingerprint density at radius 2 is 1.55 bits per heavy atom. The first-order valence-corrected chi connectivity index (χ1v) is 27.0. The molecule has 0 aromatic carbocycles. The van der Waals surface area contributed by atoms with Gasteiger partial charge in [-0.2, -0.15) is 5.10 Å². The van der Waals surface area contributed by atoms with Gasteiger partial charge in [0.15, 0.2) is 22.9 Å². The first-order chi connectivity index (χ1) is 34.2. The molecule has 0 spiro atoms. The Morgan fingerprint density at radius 1 is 0.873 bits per heavy atom. The van der Waals surface area contributed by atoms with Gasteiger partial charge in [-0.1, -0.05) is 6.08 Å². The van der Waals surface area contributed by atoms with Crippen molar-refractivity contribution in [3.05, 3.63) is 99.6 Å². The summed E-state index contributed by atoms with van der Waals surface area (Å²) in [5, 5.41) is 26.8. The standard InChI is InChI=1S/C47H57N17O4S3/c1-28-17-38(57-42-44-51-21-36(31-20-53-59(3)23-31)63(44)26-34(54-42)8-11-48)69-40(28)46(65)50-13-16-61-25-32(24-60(61)4)37-22-52-45-43(56-35(27-64(37)45)30-7-6-12-49-19-30)58-39-18-29(2)41(70-39)47(66)55-33-9-14-62(15-10-33)71(5,67)68/h7,17-18,20-24,26-27,33,49H,6,8-16,19,25,48H2,1-5H3,(H,50,65)(H,54,57)(H,55,66)(H,56,58). The van der Waals surface area contributed by atoms with Crippen molar-refractivity contribution in [3.8, 4) is 11.3 Å². The monoisotopic (exact) mass is 1020 g/mol. The minimum absolute atomic E-state index is 0.109. The van der Waals surface area contributed by atoms with E-state index in [-0.39, 0.29) is 17.9 Å². The number of nitrogens with two attached hydrogens (primary N) is 1. The molecular weight excluding hydrogens is 963 g/mol. The Kier molecular flexibility index (Phi) is 13.5. The third-order valence-electron chi connectivity index (χ3n) is 12.9. The lowest BCUT2D eigenvalue weighted by molar-refractivity contribution is 0.0775. The van der Waals surface area contributed by atoms with Crippen LogP contribution in [-0.4, -0.2) is 145 Å². The van der Waals surface area contributed by atoms with Gasteiger partial charge in [0, 0.05) is 102 Å². The Morgan fingerprint density at radius 3 is 2.20 bits per heavy atom. The van der Waals surface area contributed by atoms with Crippen molar-refractivity contribution in [1.29, 1.82) is 0 Å². The number of aromatic nitrogens is 8. The number of piperidine rings is 1. The third-order valence-corrected chi connectivity index (χ3v) is 16.5. The summed E-state index contributed by atoms with van der Waals surface area (Å²) >= 11 is 2.72. The summed E-state index contributed by atoms with van der Waals surface area (Å²) in [5.41, 5.74) is 15.4. The molecule has 0 bridgehead atoms. The van der Waals surface area contributed by atoms with Crippen molar-refractivity contribution < 1.29 is 18.0 Å². The number of nitrogens with zero attached hydrogens (tertiary/aromatic N) is 11. The number of nitrogens with one attached hydrogen (secondary N) is 5. The Hall–Kier alpha value is -6.54. The highest BCUT2D eigenvalue weighted by atomic mass is 32.2. The second-order valence-corrected chi connectivity index (χ2v) is 22.2. The maximum Gasteiger partial charge on any atom is 0.261 e. The molecule has 21 nitrogen and oxygen atoms in total. The number of anilines is 4. The number of hydrazine groups is 1. The van der Waals surface area contributed by atoms with Crippen molar-refractivity contribution in [2.45, 2.75) is 45.6 Å². The van der Waals surface area contributed by atoms with Crippen LogP contribution in [0.5, 0.6) is 0 Å². The van der Waals surface area contributed by atoms with E-state index >= 15 is 0 Å². The predicted octanol–water partition coefficient (Wildman–Crippen LogP) is 4.36. The quantitative estimate of drug-likeness (QED) is 0.0788. The van der Waals surface area contributed by atoms with Crippen LogP contribution in [0.15, 0.2) is 61.6 Å². The molecule has 10 heterocycles. The number of amides is 2. The average Bonchev–Trinajstić information content (AvgIpc) is 4.22. The topological polar surface area (TPSA) is 242 Å². The summed E-state index contributed by atoms with van der Waals surface area (Å²) in [6.07, 6.45) is 19.5. The zero-order valence-corrected chi connectivity index (χ0v) is 42.6. The second-order valence-electron chi connectivity index (χ2n) is 18.1. The molecule has 10 rings (SSSR count).